The van der Waals surface area contributed by atoms with Gasteiger partial charge < -0.3 is 28.4 Å². The zero-order valence-corrected chi connectivity index (χ0v) is 21.7. The van der Waals surface area contributed by atoms with Crippen molar-refractivity contribution in [1.29, 1.82) is 0 Å². The van der Waals surface area contributed by atoms with Crippen LogP contribution in [0.2, 0.25) is 0 Å². The van der Waals surface area contributed by atoms with Gasteiger partial charge in [0.25, 0.3) is 0 Å². The number of hydrogen-bond donors (Lipinski definition) is 0. The molecule has 0 aromatic heterocycles. The Kier molecular flexibility index (Phi) is 6.15. The molecule has 0 N–H and O–H groups in total. The lowest BCUT2D eigenvalue weighted by atomic mass is 9.51. The van der Waals surface area contributed by atoms with E-state index in [0.717, 1.165) is 90.2 Å². The van der Waals surface area contributed by atoms with Gasteiger partial charge in [0.05, 0.1) is 59.5 Å². The average molecular weight is 479 g/mol. The molecule has 4 aliphatic carbocycles. The highest BCUT2D eigenvalue weighted by Crippen LogP contribution is 2.64. The first-order valence-electron chi connectivity index (χ1n) is 14.1. The van der Waals surface area contributed by atoms with Crippen LogP contribution < -0.4 is 0 Å². The first kappa shape index (κ1) is 24.1. The van der Waals surface area contributed by atoms with E-state index in [2.05, 4.69) is 20.8 Å². The van der Waals surface area contributed by atoms with E-state index in [4.69, 9.17) is 28.4 Å². The highest BCUT2D eigenvalue weighted by molar-refractivity contribution is 5.15. The molecule has 0 aromatic carbocycles. The first-order chi connectivity index (χ1) is 16.4. The Balaban J connectivity index is 1.31. The fourth-order valence-corrected chi connectivity index (χ4v) is 7.79. The molecule has 34 heavy (non-hydrogen) atoms. The minimum atomic E-state index is -0.657. The van der Waals surface area contributed by atoms with Gasteiger partial charge in [-0.15, -0.1) is 0 Å². The second kappa shape index (κ2) is 8.66. The van der Waals surface area contributed by atoms with E-state index in [1.165, 1.54) is 19.3 Å². The molecule has 0 aromatic rings. The zero-order chi connectivity index (χ0) is 23.5. The van der Waals surface area contributed by atoms with Crippen LogP contribution in [0.4, 0.5) is 0 Å². The minimum Gasteiger partial charge on any atom is -0.380 e. The van der Waals surface area contributed by atoms with Crippen LogP contribution in [0.5, 0.6) is 0 Å². The van der Waals surface area contributed by atoms with Gasteiger partial charge in [-0.2, -0.15) is 0 Å². The summed E-state index contributed by atoms with van der Waals surface area (Å²) in [6.45, 7) is 13.8. The van der Waals surface area contributed by atoms with Crippen molar-refractivity contribution in [3.05, 3.63) is 0 Å². The van der Waals surface area contributed by atoms with Gasteiger partial charge in [0.2, 0.25) is 5.79 Å². The van der Waals surface area contributed by atoms with Crippen molar-refractivity contribution in [1.82, 2.24) is 0 Å². The summed E-state index contributed by atoms with van der Waals surface area (Å²) in [6.07, 6.45) is 9.20. The number of hydrogen-bond acceptors (Lipinski definition) is 6. The van der Waals surface area contributed by atoms with Crippen LogP contribution in [0.15, 0.2) is 0 Å². The Labute approximate surface area is 205 Å². The molecule has 4 saturated carbocycles. The monoisotopic (exact) mass is 478 g/mol. The van der Waals surface area contributed by atoms with Gasteiger partial charge in [-0.25, -0.2) is 0 Å². The van der Waals surface area contributed by atoms with Crippen molar-refractivity contribution >= 4 is 0 Å². The molecule has 7 fully saturated rings. The maximum atomic E-state index is 7.17. The van der Waals surface area contributed by atoms with Crippen molar-refractivity contribution < 1.29 is 28.4 Å². The Morgan fingerprint density at radius 1 is 0.588 bits per heavy atom. The third-order valence-electron chi connectivity index (χ3n) is 10.9. The van der Waals surface area contributed by atoms with Crippen LogP contribution in [0.25, 0.3) is 0 Å². The Morgan fingerprint density at radius 2 is 1.00 bits per heavy atom. The van der Waals surface area contributed by atoms with Crippen LogP contribution in [-0.2, 0) is 28.4 Å². The Bertz CT molecular complexity index is 683. The lowest BCUT2D eigenvalue weighted by Gasteiger charge is -2.66. The maximum absolute atomic E-state index is 7.17. The standard InChI is InChI=1S/C28H46O6/c1-4-24(12-29-13-24)18-32-27-10-21-7-22(11-27)9-23(8-21)28(27,33-19-25(5-2)14-30-15-25)34-20-26(6-3)16-31-17-26/h21-23H,4-20H2,1-3H3. The zero-order valence-electron chi connectivity index (χ0n) is 21.7. The molecule has 4 bridgehead atoms. The van der Waals surface area contributed by atoms with Crippen molar-refractivity contribution in [2.24, 2.45) is 34.0 Å². The van der Waals surface area contributed by atoms with Crippen LogP contribution in [0.3, 0.4) is 0 Å². The SMILES string of the molecule is CCC1(COC23CC4CC(CC(C4)C2(OCC2(CC)COC2)OCC2(CC)COC2)C3)COC1. The first-order valence-corrected chi connectivity index (χ1v) is 14.1. The van der Waals surface area contributed by atoms with E-state index in [1.54, 1.807) is 0 Å². The molecule has 6 heteroatoms. The molecular weight excluding hydrogens is 432 g/mol. The van der Waals surface area contributed by atoms with Gasteiger partial charge in [0, 0.05) is 22.2 Å². The normalized spacial score (nSPS) is 39.8. The minimum absolute atomic E-state index is 0.126. The van der Waals surface area contributed by atoms with Gasteiger partial charge in [-0.1, -0.05) is 20.8 Å². The van der Waals surface area contributed by atoms with Crippen LogP contribution in [0.1, 0.15) is 72.1 Å². The number of ether oxygens (including phenoxy) is 6. The van der Waals surface area contributed by atoms with Gasteiger partial charge in [-0.05, 0) is 63.2 Å². The van der Waals surface area contributed by atoms with Crippen molar-refractivity contribution in [3.8, 4) is 0 Å². The molecule has 0 spiro atoms. The lowest BCUT2D eigenvalue weighted by molar-refractivity contribution is -0.420. The van der Waals surface area contributed by atoms with E-state index >= 15 is 0 Å². The fourth-order valence-electron chi connectivity index (χ4n) is 7.79. The Morgan fingerprint density at radius 3 is 1.35 bits per heavy atom. The number of rotatable bonds is 12. The Hall–Kier alpha value is -0.240. The van der Waals surface area contributed by atoms with E-state index in [0.29, 0.717) is 19.1 Å². The summed E-state index contributed by atoms with van der Waals surface area (Å²) in [5.74, 6) is 1.24. The van der Waals surface area contributed by atoms with E-state index in [1.807, 2.05) is 0 Å². The molecule has 3 aliphatic heterocycles. The molecule has 0 radical (unpaired) electrons. The summed E-state index contributed by atoms with van der Waals surface area (Å²) >= 11 is 0. The second-order valence-electron chi connectivity index (χ2n) is 13.1. The molecule has 3 saturated heterocycles. The summed E-state index contributed by atoms with van der Waals surface area (Å²) in [7, 11) is 0. The average Bonchev–Trinajstić information content (AvgIpc) is 2.75. The molecule has 2 atom stereocenters. The van der Waals surface area contributed by atoms with E-state index < -0.39 is 5.79 Å². The summed E-state index contributed by atoms with van der Waals surface area (Å²) < 4.78 is 38.4. The quantitative estimate of drug-likeness (QED) is 0.383. The van der Waals surface area contributed by atoms with Gasteiger partial charge in [0.15, 0.2) is 0 Å². The summed E-state index contributed by atoms with van der Waals surface area (Å²) in [5.41, 5.74) is 0.0634. The topological polar surface area (TPSA) is 55.4 Å². The van der Waals surface area contributed by atoms with Gasteiger partial charge in [-0.3, -0.25) is 0 Å². The van der Waals surface area contributed by atoms with Crippen LogP contribution in [-0.4, -0.2) is 70.9 Å². The van der Waals surface area contributed by atoms with Crippen molar-refractivity contribution in [2.45, 2.75) is 83.5 Å². The highest BCUT2D eigenvalue weighted by atomic mass is 16.7. The third-order valence-corrected chi connectivity index (χ3v) is 10.9. The van der Waals surface area contributed by atoms with E-state index in [9.17, 15) is 0 Å². The van der Waals surface area contributed by atoms with Crippen molar-refractivity contribution in [2.75, 3.05) is 59.5 Å². The molecule has 3 heterocycles. The lowest BCUT2D eigenvalue weighted by Crippen LogP contribution is -2.73. The molecular formula is C28H46O6. The second-order valence-corrected chi connectivity index (χ2v) is 13.1. The predicted molar refractivity (Wildman–Crippen MR) is 128 cm³/mol. The summed E-state index contributed by atoms with van der Waals surface area (Å²) in [4.78, 5) is 0. The van der Waals surface area contributed by atoms with Gasteiger partial charge in [0.1, 0.15) is 5.60 Å². The molecule has 2 unspecified atom stereocenters. The summed E-state index contributed by atoms with van der Waals surface area (Å²) in [6, 6.07) is 0. The largest absolute Gasteiger partial charge is 0.380 e. The predicted octanol–water partition coefficient (Wildman–Crippen LogP) is 4.59. The van der Waals surface area contributed by atoms with E-state index in [-0.39, 0.29) is 21.8 Å². The molecule has 0 amide bonds. The molecule has 194 valence electrons. The molecule has 6 nitrogen and oxygen atoms in total. The highest BCUT2D eigenvalue weighted by Gasteiger charge is 2.70. The fraction of sp³-hybridized carbons (Fsp3) is 1.00. The smallest absolute Gasteiger partial charge is 0.200 e. The van der Waals surface area contributed by atoms with Crippen LogP contribution in [0, 0.1) is 34.0 Å². The molecule has 7 aliphatic rings. The van der Waals surface area contributed by atoms with Gasteiger partial charge >= 0.3 is 0 Å². The maximum Gasteiger partial charge on any atom is 0.200 e. The summed E-state index contributed by atoms with van der Waals surface area (Å²) in [5, 5.41) is 0. The van der Waals surface area contributed by atoms with Crippen LogP contribution >= 0.6 is 0 Å². The molecule has 7 rings (SSSR count). The van der Waals surface area contributed by atoms with Crippen molar-refractivity contribution in [3.63, 3.8) is 0 Å². The third kappa shape index (κ3) is 3.65.